The number of rotatable bonds is 3. The van der Waals surface area contributed by atoms with Gasteiger partial charge in [0, 0.05) is 7.05 Å². The third-order valence-corrected chi connectivity index (χ3v) is 2.77. The number of nitrogens with zero attached hydrogens (tertiary/aromatic N) is 3. The lowest BCUT2D eigenvalue weighted by molar-refractivity contribution is 0.0694. The molecular weight excluding hydrogens is 248 g/mol. The van der Waals surface area contributed by atoms with Gasteiger partial charge in [-0.3, -0.25) is 4.68 Å². The Morgan fingerprint density at radius 1 is 1.47 bits per heavy atom. The van der Waals surface area contributed by atoms with Crippen LogP contribution in [0.15, 0.2) is 12.3 Å². The van der Waals surface area contributed by atoms with Crippen LogP contribution >= 0.6 is 0 Å². The molecule has 0 aromatic carbocycles. The van der Waals surface area contributed by atoms with Gasteiger partial charge in [-0.2, -0.15) is 5.10 Å². The molecule has 0 amide bonds. The summed E-state index contributed by atoms with van der Waals surface area (Å²) in [4.78, 5) is 15.0. The molecule has 0 aliphatic rings. The number of hydrogen-bond acceptors (Lipinski definition) is 5. The highest BCUT2D eigenvalue weighted by molar-refractivity contribution is 5.91. The monoisotopic (exact) mass is 262 g/mol. The summed E-state index contributed by atoms with van der Waals surface area (Å²) in [5.74, 6) is -0.329. The largest absolute Gasteiger partial charge is 0.478 e. The molecule has 0 radical (unpaired) electrons. The molecule has 0 aliphatic carbocycles. The molecule has 0 bridgehead atoms. The summed E-state index contributed by atoms with van der Waals surface area (Å²) in [6.07, 6.45) is 1.30. The standard InChI is InChI=1S/C12H14N4O3/c1-6-11(7(2)16(3)15-6)19-9-5-14-10(13)4-8(9)12(17)18/h4-5H,1-3H3,(H2,13,14)(H,17,18). The van der Waals surface area contributed by atoms with E-state index < -0.39 is 5.97 Å². The first-order valence-corrected chi connectivity index (χ1v) is 5.57. The van der Waals surface area contributed by atoms with Crippen LogP contribution in [0.1, 0.15) is 21.7 Å². The van der Waals surface area contributed by atoms with Crippen molar-refractivity contribution in [3.63, 3.8) is 0 Å². The number of aromatic carboxylic acids is 1. The van der Waals surface area contributed by atoms with Gasteiger partial charge in [0.1, 0.15) is 17.1 Å². The van der Waals surface area contributed by atoms with Gasteiger partial charge in [-0.25, -0.2) is 9.78 Å². The number of ether oxygens (including phenoxy) is 1. The van der Waals surface area contributed by atoms with Crippen LogP contribution in [0.2, 0.25) is 0 Å². The van der Waals surface area contributed by atoms with E-state index in [1.807, 2.05) is 6.92 Å². The van der Waals surface area contributed by atoms with Gasteiger partial charge in [-0.1, -0.05) is 0 Å². The highest BCUT2D eigenvalue weighted by Crippen LogP contribution is 2.30. The summed E-state index contributed by atoms with van der Waals surface area (Å²) in [6.45, 7) is 3.62. The van der Waals surface area contributed by atoms with Crippen LogP contribution in [-0.2, 0) is 7.05 Å². The minimum absolute atomic E-state index is 0.0323. The number of hydrogen-bond donors (Lipinski definition) is 2. The molecule has 2 aromatic rings. The van der Waals surface area contributed by atoms with Gasteiger partial charge in [0.15, 0.2) is 11.5 Å². The second-order valence-electron chi connectivity index (χ2n) is 4.14. The molecule has 100 valence electrons. The first-order valence-electron chi connectivity index (χ1n) is 5.57. The lowest BCUT2D eigenvalue weighted by Crippen LogP contribution is -2.03. The topological polar surface area (TPSA) is 103 Å². The molecule has 0 saturated heterocycles. The third-order valence-electron chi connectivity index (χ3n) is 2.77. The number of anilines is 1. The van der Waals surface area contributed by atoms with Gasteiger partial charge < -0.3 is 15.6 Å². The van der Waals surface area contributed by atoms with Gasteiger partial charge in [-0.05, 0) is 19.9 Å². The maximum Gasteiger partial charge on any atom is 0.339 e. The van der Waals surface area contributed by atoms with Crippen molar-refractivity contribution in [2.75, 3.05) is 5.73 Å². The fourth-order valence-electron chi connectivity index (χ4n) is 1.72. The van der Waals surface area contributed by atoms with Crippen LogP contribution in [0.5, 0.6) is 11.5 Å². The van der Waals surface area contributed by atoms with Gasteiger partial charge in [0.2, 0.25) is 0 Å². The average Bonchev–Trinajstić information content (AvgIpc) is 2.57. The van der Waals surface area contributed by atoms with E-state index in [4.69, 9.17) is 15.6 Å². The lowest BCUT2D eigenvalue weighted by atomic mass is 10.2. The quantitative estimate of drug-likeness (QED) is 0.868. The maximum atomic E-state index is 11.2. The second-order valence-corrected chi connectivity index (χ2v) is 4.14. The predicted octanol–water partition coefficient (Wildman–Crippen LogP) is 1.50. The Morgan fingerprint density at radius 2 is 2.16 bits per heavy atom. The molecule has 0 saturated carbocycles. The van der Waals surface area contributed by atoms with E-state index in [1.54, 1.807) is 18.7 Å². The first-order chi connectivity index (χ1) is 8.90. The predicted molar refractivity (Wildman–Crippen MR) is 68.4 cm³/mol. The molecule has 2 rings (SSSR count). The minimum atomic E-state index is -1.12. The van der Waals surface area contributed by atoms with Crippen molar-refractivity contribution in [3.8, 4) is 11.5 Å². The summed E-state index contributed by atoms with van der Waals surface area (Å²) < 4.78 is 7.29. The summed E-state index contributed by atoms with van der Waals surface area (Å²) in [5.41, 5.74) is 6.91. The molecule has 7 heteroatoms. The normalized spacial score (nSPS) is 10.5. The number of carboxylic acids is 1. The van der Waals surface area contributed by atoms with Crippen molar-refractivity contribution in [2.24, 2.45) is 7.05 Å². The summed E-state index contributed by atoms with van der Waals surface area (Å²) >= 11 is 0. The van der Waals surface area contributed by atoms with Crippen LogP contribution in [-0.4, -0.2) is 25.8 Å². The van der Waals surface area contributed by atoms with Crippen molar-refractivity contribution in [1.29, 1.82) is 0 Å². The zero-order valence-electron chi connectivity index (χ0n) is 10.8. The number of nitrogens with two attached hydrogens (primary N) is 1. The van der Waals surface area contributed by atoms with Crippen molar-refractivity contribution in [2.45, 2.75) is 13.8 Å². The number of aryl methyl sites for hydroxylation is 2. The van der Waals surface area contributed by atoms with Gasteiger partial charge in [0.25, 0.3) is 0 Å². The van der Waals surface area contributed by atoms with Crippen LogP contribution < -0.4 is 10.5 Å². The van der Waals surface area contributed by atoms with Crippen LogP contribution in [0.3, 0.4) is 0 Å². The molecule has 2 aromatic heterocycles. The molecule has 3 N–H and O–H groups in total. The van der Waals surface area contributed by atoms with Gasteiger partial charge in [0.05, 0.1) is 11.9 Å². The molecule has 0 atom stereocenters. The lowest BCUT2D eigenvalue weighted by Gasteiger charge is -2.09. The fourth-order valence-corrected chi connectivity index (χ4v) is 1.72. The number of nitrogen functional groups attached to an aromatic ring is 1. The maximum absolute atomic E-state index is 11.2. The van der Waals surface area contributed by atoms with Crippen molar-refractivity contribution in [1.82, 2.24) is 14.8 Å². The Morgan fingerprint density at radius 3 is 2.68 bits per heavy atom. The van der Waals surface area contributed by atoms with E-state index in [-0.39, 0.29) is 17.1 Å². The van der Waals surface area contributed by atoms with E-state index in [2.05, 4.69) is 10.1 Å². The highest BCUT2D eigenvalue weighted by atomic mass is 16.5. The molecule has 19 heavy (non-hydrogen) atoms. The summed E-state index contributed by atoms with van der Waals surface area (Å²) in [6, 6.07) is 1.26. The Hall–Kier alpha value is -2.57. The van der Waals surface area contributed by atoms with E-state index >= 15 is 0 Å². The number of pyridine rings is 1. The van der Waals surface area contributed by atoms with E-state index in [9.17, 15) is 4.79 Å². The molecule has 0 fully saturated rings. The highest BCUT2D eigenvalue weighted by Gasteiger charge is 2.17. The second kappa shape index (κ2) is 4.60. The Bertz CT molecular complexity index is 649. The average molecular weight is 262 g/mol. The van der Waals surface area contributed by atoms with Crippen molar-refractivity contribution < 1.29 is 14.6 Å². The van der Waals surface area contributed by atoms with E-state index in [1.165, 1.54) is 12.3 Å². The van der Waals surface area contributed by atoms with Crippen LogP contribution in [0, 0.1) is 13.8 Å². The zero-order chi connectivity index (χ0) is 14.2. The first kappa shape index (κ1) is 12.9. The Balaban J connectivity index is 2.46. The molecule has 2 heterocycles. The molecule has 0 unspecified atom stereocenters. The van der Waals surface area contributed by atoms with Gasteiger partial charge in [-0.15, -0.1) is 0 Å². The third kappa shape index (κ3) is 2.35. The molecular formula is C12H14N4O3. The Kier molecular flexibility index (Phi) is 3.12. The molecule has 0 spiro atoms. The number of aromatic nitrogens is 3. The van der Waals surface area contributed by atoms with Gasteiger partial charge >= 0.3 is 5.97 Å². The van der Waals surface area contributed by atoms with E-state index in [0.717, 1.165) is 5.69 Å². The SMILES string of the molecule is Cc1nn(C)c(C)c1Oc1cnc(N)cc1C(=O)O. The Labute approximate surface area is 109 Å². The summed E-state index contributed by atoms with van der Waals surface area (Å²) in [7, 11) is 1.79. The summed E-state index contributed by atoms with van der Waals surface area (Å²) in [5, 5.41) is 13.3. The number of carbonyl (C=O) groups is 1. The van der Waals surface area contributed by atoms with Crippen molar-refractivity contribution >= 4 is 11.8 Å². The molecule has 7 nitrogen and oxygen atoms in total. The smallest absolute Gasteiger partial charge is 0.339 e. The zero-order valence-corrected chi connectivity index (χ0v) is 10.8. The molecule has 0 aliphatic heterocycles. The fraction of sp³-hybridized carbons (Fsp3) is 0.250. The minimum Gasteiger partial charge on any atom is -0.478 e. The van der Waals surface area contributed by atoms with E-state index in [0.29, 0.717) is 11.4 Å². The van der Waals surface area contributed by atoms with Crippen LogP contribution in [0.25, 0.3) is 0 Å². The van der Waals surface area contributed by atoms with Crippen molar-refractivity contribution in [3.05, 3.63) is 29.2 Å². The van der Waals surface area contributed by atoms with Crippen LogP contribution in [0.4, 0.5) is 5.82 Å². The number of carboxylic acid groups (broad SMARTS) is 1.